The lowest BCUT2D eigenvalue weighted by Crippen LogP contribution is -2.39. The van der Waals surface area contributed by atoms with Crippen LogP contribution in [0.1, 0.15) is 31.3 Å². The summed E-state index contributed by atoms with van der Waals surface area (Å²) in [5.41, 5.74) is 1.01. The maximum atomic E-state index is 6.07. The van der Waals surface area contributed by atoms with Crippen LogP contribution < -0.4 is 10.6 Å². The number of guanidine groups is 1. The normalized spacial score (nSPS) is 12.8. The minimum atomic E-state index is -0.145. The molecule has 7 nitrogen and oxygen atoms in total. The van der Waals surface area contributed by atoms with E-state index >= 15 is 0 Å². The van der Waals surface area contributed by atoms with Gasteiger partial charge in [-0.25, -0.2) is 0 Å². The minimum Gasteiger partial charge on any atom is -0.375 e. The molecule has 0 aliphatic carbocycles. The fourth-order valence-corrected chi connectivity index (χ4v) is 2.77. The highest BCUT2D eigenvalue weighted by Crippen LogP contribution is 2.20. The van der Waals surface area contributed by atoms with Gasteiger partial charge in [-0.15, -0.1) is 10.2 Å². The Labute approximate surface area is 159 Å². The van der Waals surface area contributed by atoms with Crippen LogP contribution >= 0.6 is 11.6 Å². The number of ether oxygens (including phenoxy) is 1. The Morgan fingerprint density at radius 3 is 2.88 bits per heavy atom. The lowest BCUT2D eigenvalue weighted by atomic mass is 10.1. The van der Waals surface area contributed by atoms with E-state index in [9.17, 15) is 0 Å². The highest BCUT2D eigenvalue weighted by molar-refractivity contribution is 6.30. The van der Waals surface area contributed by atoms with Gasteiger partial charge in [0.1, 0.15) is 18.3 Å². The summed E-state index contributed by atoms with van der Waals surface area (Å²) >= 11 is 6.07. The summed E-state index contributed by atoms with van der Waals surface area (Å²) in [6.45, 7) is 6.90. The van der Waals surface area contributed by atoms with E-state index in [1.807, 2.05) is 35.8 Å². The fraction of sp³-hybridized carbons (Fsp3) is 0.500. The molecule has 1 heterocycles. The smallest absolute Gasteiger partial charge is 0.191 e. The molecule has 0 aliphatic heterocycles. The maximum Gasteiger partial charge on any atom is 0.191 e. The Morgan fingerprint density at radius 2 is 2.19 bits per heavy atom. The standard InChI is InChI=1S/C18H27ClN6O/c1-4-17-24-23-13-25(17)10-9-21-18(20-5-2)22-12-16(26-3)14-7-6-8-15(19)11-14/h6-8,11,13,16H,4-5,9-10,12H2,1-3H3,(H2,20,21,22). The molecule has 8 heteroatoms. The van der Waals surface area contributed by atoms with E-state index in [4.69, 9.17) is 16.3 Å². The number of halogens is 1. The van der Waals surface area contributed by atoms with E-state index in [1.165, 1.54) is 0 Å². The van der Waals surface area contributed by atoms with E-state index < -0.39 is 0 Å². The number of hydrogen-bond donors (Lipinski definition) is 2. The van der Waals surface area contributed by atoms with E-state index in [1.54, 1.807) is 13.4 Å². The highest BCUT2D eigenvalue weighted by atomic mass is 35.5. The quantitative estimate of drug-likeness (QED) is 0.517. The lowest BCUT2D eigenvalue weighted by Gasteiger charge is -2.16. The first-order valence-corrected chi connectivity index (χ1v) is 9.22. The maximum absolute atomic E-state index is 6.07. The first-order valence-electron chi connectivity index (χ1n) is 8.85. The third kappa shape index (κ3) is 6.00. The predicted molar refractivity (Wildman–Crippen MR) is 105 cm³/mol. The van der Waals surface area contributed by atoms with Gasteiger partial charge in [0.2, 0.25) is 0 Å². The summed E-state index contributed by atoms with van der Waals surface area (Å²) in [4.78, 5) is 4.64. The van der Waals surface area contributed by atoms with Crippen molar-refractivity contribution in [2.75, 3.05) is 26.7 Å². The molecule has 0 fully saturated rings. The van der Waals surface area contributed by atoms with Gasteiger partial charge in [0.15, 0.2) is 5.96 Å². The van der Waals surface area contributed by atoms with Crippen molar-refractivity contribution in [1.82, 2.24) is 25.4 Å². The molecule has 2 aromatic rings. The molecule has 0 saturated carbocycles. The van der Waals surface area contributed by atoms with Gasteiger partial charge in [0.25, 0.3) is 0 Å². The van der Waals surface area contributed by atoms with Crippen molar-refractivity contribution in [2.24, 2.45) is 4.99 Å². The monoisotopic (exact) mass is 378 g/mol. The fourth-order valence-electron chi connectivity index (χ4n) is 2.57. The summed E-state index contributed by atoms with van der Waals surface area (Å²) < 4.78 is 7.61. The van der Waals surface area contributed by atoms with Crippen LogP contribution in [0.15, 0.2) is 35.6 Å². The largest absolute Gasteiger partial charge is 0.375 e. The molecule has 0 saturated heterocycles. The number of benzene rings is 1. The molecule has 2 rings (SSSR count). The summed E-state index contributed by atoms with van der Waals surface area (Å²) in [5, 5.41) is 15.3. The van der Waals surface area contributed by atoms with Crippen LogP contribution in [-0.2, 0) is 17.7 Å². The highest BCUT2D eigenvalue weighted by Gasteiger charge is 2.11. The SMILES string of the molecule is CCNC(=NCC(OC)c1cccc(Cl)c1)NCCn1cnnc1CC. The van der Waals surface area contributed by atoms with Gasteiger partial charge in [-0.1, -0.05) is 30.7 Å². The van der Waals surface area contributed by atoms with Crippen LogP contribution in [-0.4, -0.2) is 47.5 Å². The van der Waals surface area contributed by atoms with Gasteiger partial charge in [-0.05, 0) is 24.6 Å². The summed E-state index contributed by atoms with van der Waals surface area (Å²) in [6, 6.07) is 7.67. The minimum absolute atomic E-state index is 0.145. The van der Waals surface area contributed by atoms with Crippen molar-refractivity contribution in [1.29, 1.82) is 0 Å². The number of aliphatic imine (C=N–C) groups is 1. The number of nitrogens with zero attached hydrogens (tertiary/aromatic N) is 4. The Morgan fingerprint density at radius 1 is 1.35 bits per heavy atom. The van der Waals surface area contributed by atoms with Gasteiger partial charge in [-0.2, -0.15) is 0 Å². The van der Waals surface area contributed by atoms with Crippen LogP contribution in [0, 0.1) is 0 Å². The average molecular weight is 379 g/mol. The molecule has 0 amide bonds. The zero-order valence-corrected chi connectivity index (χ0v) is 16.3. The molecular weight excluding hydrogens is 352 g/mol. The molecule has 1 unspecified atom stereocenters. The molecule has 1 aromatic carbocycles. The third-order valence-electron chi connectivity index (χ3n) is 3.92. The molecule has 2 N–H and O–H groups in total. The number of aryl methyl sites for hydroxylation is 1. The molecule has 1 aromatic heterocycles. The van der Waals surface area contributed by atoms with E-state index in [0.29, 0.717) is 11.6 Å². The van der Waals surface area contributed by atoms with Gasteiger partial charge >= 0.3 is 0 Å². The molecule has 0 bridgehead atoms. The summed E-state index contributed by atoms with van der Waals surface area (Å²) in [7, 11) is 1.68. The molecule has 142 valence electrons. The zero-order valence-electron chi connectivity index (χ0n) is 15.6. The number of hydrogen-bond acceptors (Lipinski definition) is 4. The topological polar surface area (TPSA) is 76.4 Å². The molecule has 1 atom stereocenters. The van der Waals surface area contributed by atoms with E-state index in [-0.39, 0.29) is 6.10 Å². The van der Waals surface area contributed by atoms with Crippen molar-refractivity contribution >= 4 is 17.6 Å². The Hall–Kier alpha value is -2.12. The van der Waals surface area contributed by atoms with Gasteiger partial charge in [0.05, 0.1) is 6.54 Å². The first kappa shape index (κ1) is 20.2. The second-order valence-corrected chi connectivity index (χ2v) is 6.16. The van der Waals surface area contributed by atoms with Crippen LogP contribution in [0.3, 0.4) is 0 Å². The second-order valence-electron chi connectivity index (χ2n) is 5.72. The van der Waals surface area contributed by atoms with Crippen LogP contribution in [0.25, 0.3) is 0 Å². The summed E-state index contributed by atoms with van der Waals surface area (Å²) in [6.07, 6.45) is 2.47. The van der Waals surface area contributed by atoms with Gasteiger partial charge < -0.3 is 19.9 Å². The van der Waals surface area contributed by atoms with Gasteiger partial charge in [0, 0.05) is 38.2 Å². The molecule has 0 radical (unpaired) electrons. The van der Waals surface area contributed by atoms with E-state index in [0.717, 1.165) is 43.4 Å². The number of aromatic nitrogens is 3. The lowest BCUT2D eigenvalue weighted by molar-refractivity contribution is 0.111. The first-order chi connectivity index (χ1) is 12.7. The van der Waals surface area contributed by atoms with Crippen molar-refractivity contribution in [3.05, 3.63) is 47.0 Å². The molecule has 0 spiro atoms. The second kappa shape index (κ2) is 10.8. The number of methoxy groups -OCH3 is 1. The van der Waals surface area contributed by atoms with Crippen LogP contribution in [0.2, 0.25) is 5.02 Å². The van der Waals surface area contributed by atoms with Crippen LogP contribution in [0.5, 0.6) is 0 Å². The zero-order chi connectivity index (χ0) is 18.8. The third-order valence-corrected chi connectivity index (χ3v) is 4.16. The Balaban J connectivity index is 1.94. The van der Waals surface area contributed by atoms with Crippen molar-refractivity contribution in [3.8, 4) is 0 Å². The van der Waals surface area contributed by atoms with Crippen molar-refractivity contribution < 1.29 is 4.74 Å². The predicted octanol–water partition coefficient (Wildman–Crippen LogP) is 2.44. The Kier molecular flexibility index (Phi) is 8.37. The van der Waals surface area contributed by atoms with E-state index in [2.05, 4.69) is 32.7 Å². The number of rotatable bonds is 9. The average Bonchev–Trinajstić information content (AvgIpc) is 3.10. The molecule has 0 aliphatic rings. The van der Waals surface area contributed by atoms with Crippen LogP contribution in [0.4, 0.5) is 0 Å². The molecular formula is C18H27ClN6O. The van der Waals surface area contributed by atoms with Gasteiger partial charge in [-0.3, -0.25) is 4.99 Å². The van der Waals surface area contributed by atoms with Crippen molar-refractivity contribution in [3.63, 3.8) is 0 Å². The Bertz CT molecular complexity index is 702. The van der Waals surface area contributed by atoms with Crippen molar-refractivity contribution in [2.45, 2.75) is 32.9 Å². The molecule has 26 heavy (non-hydrogen) atoms. The summed E-state index contributed by atoms with van der Waals surface area (Å²) in [5.74, 6) is 1.73. The number of nitrogens with one attached hydrogen (secondary N) is 2.